The van der Waals surface area contributed by atoms with Crippen molar-refractivity contribution in [1.29, 1.82) is 0 Å². The SMILES string of the molecule is C=C(C)CN(CCCC)P(OCCC)OCCC. The van der Waals surface area contributed by atoms with Crippen LogP contribution < -0.4 is 0 Å². The second-order valence-corrected chi connectivity index (χ2v) is 6.16. The van der Waals surface area contributed by atoms with Crippen molar-refractivity contribution >= 4 is 8.53 Å². The first-order valence-electron chi connectivity index (χ1n) is 7.10. The third kappa shape index (κ3) is 9.04. The smallest absolute Gasteiger partial charge is 0.259 e. The van der Waals surface area contributed by atoms with Gasteiger partial charge in [0.15, 0.2) is 0 Å². The van der Waals surface area contributed by atoms with Crippen LogP contribution in [0, 0.1) is 0 Å². The maximum atomic E-state index is 5.88. The van der Waals surface area contributed by atoms with Gasteiger partial charge >= 0.3 is 0 Å². The molecule has 0 aromatic rings. The highest BCUT2D eigenvalue weighted by molar-refractivity contribution is 7.44. The van der Waals surface area contributed by atoms with Gasteiger partial charge in [-0.25, -0.2) is 4.67 Å². The van der Waals surface area contributed by atoms with E-state index in [0.29, 0.717) is 0 Å². The van der Waals surface area contributed by atoms with Gasteiger partial charge in [0.1, 0.15) is 0 Å². The predicted molar refractivity (Wildman–Crippen MR) is 80.7 cm³/mol. The van der Waals surface area contributed by atoms with Crippen LogP contribution in [0.25, 0.3) is 0 Å². The van der Waals surface area contributed by atoms with Crippen molar-refractivity contribution < 1.29 is 9.05 Å². The molecule has 0 N–H and O–H groups in total. The van der Waals surface area contributed by atoms with E-state index in [0.717, 1.165) is 39.1 Å². The Bertz CT molecular complexity index is 204. The van der Waals surface area contributed by atoms with Gasteiger partial charge in [-0.05, 0) is 26.2 Å². The largest absolute Gasteiger partial charge is 0.322 e. The lowest BCUT2D eigenvalue weighted by Crippen LogP contribution is -2.23. The Kier molecular flexibility index (Phi) is 12.1. The van der Waals surface area contributed by atoms with Gasteiger partial charge in [0.2, 0.25) is 0 Å². The Labute approximate surface area is 115 Å². The summed E-state index contributed by atoms with van der Waals surface area (Å²) in [5.41, 5.74) is 1.17. The molecule has 0 bridgehead atoms. The Balaban J connectivity index is 4.42. The molecular weight excluding hydrogens is 245 g/mol. The average molecular weight is 275 g/mol. The molecule has 18 heavy (non-hydrogen) atoms. The molecule has 0 atom stereocenters. The first kappa shape index (κ1) is 18.0. The fraction of sp³-hybridized carbons (Fsp3) is 0.857. The van der Waals surface area contributed by atoms with E-state index in [-0.39, 0.29) is 0 Å². The summed E-state index contributed by atoms with van der Waals surface area (Å²) in [4.78, 5) is 0. The highest BCUT2D eigenvalue weighted by Crippen LogP contribution is 2.43. The molecule has 0 rings (SSSR count). The molecular formula is C14H30NO2P. The minimum atomic E-state index is -0.907. The Morgan fingerprint density at radius 3 is 2.00 bits per heavy atom. The number of unbranched alkanes of at least 4 members (excludes halogenated alkanes) is 1. The van der Waals surface area contributed by atoms with Crippen LogP contribution in [-0.2, 0) is 9.05 Å². The average Bonchev–Trinajstić information content (AvgIpc) is 2.34. The van der Waals surface area contributed by atoms with E-state index in [9.17, 15) is 0 Å². The molecule has 0 unspecified atom stereocenters. The van der Waals surface area contributed by atoms with Crippen molar-refractivity contribution in [3.63, 3.8) is 0 Å². The third-order valence-corrected chi connectivity index (χ3v) is 3.88. The molecule has 0 radical (unpaired) electrons. The third-order valence-electron chi connectivity index (χ3n) is 2.26. The van der Waals surface area contributed by atoms with Gasteiger partial charge < -0.3 is 9.05 Å². The van der Waals surface area contributed by atoms with Gasteiger partial charge in [-0.2, -0.15) is 0 Å². The maximum absolute atomic E-state index is 5.88. The van der Waals surface area contributed by atoms with Crippen molar-refractivity contribution in [2.75, 3.05) is 26.3 Å². The molecule has 108 valence electrons. The molecule has 0 saturated heterocycles. The molecule has 0 fully saturated rings. The van der Waals surface area contributed by atoms with E-state index in [1.54, 1.807) is 0 Å². The summed E-state index contributed by atoms with van der Waals surface area (Å²) in [7, 11) is -0.907. The molecule has 0 aromatic heterocycles. The van der Waals surface area contributed by atoms with E-state index >= 15 is 0 Å². The molecule has 0 aromatic carbocycles. The Morgan fingerprint density at radius 2 is 1.61 bits per heavy atom. The number of hydrogen-bond acceptors (Lipinski definition) is 3. The van der Waals surface area contributed by atoms with Crippen LogP contribution >= 0.6 is 8.53 Å². The predicted octanol–water partition coefficient (Wildman–Crippen LogP) is 4.74. The number of nitrogens with zero attached hydrogens (tertiary/aromatic N) is 1. The van der Waals surface area contributed by atoms with Gasteiger partial charge in [0, 0.05) is 13.1 Å². The van der Waals surface area contributed by atoms with Crippen molar-refractivity contribution in [1.82, 2.24) is 4.67 Å². The minimum absolute atomic E-state index is 0.772. The van der Waals surface area contributed by atoms with E-state index in [1.165, 1.54) is 18.4 Å². The summed E-state index contributed by atoms with van der Waals surface area (Å²) in [6.07, 6.45) is 4.43. The fourth-order valence-electron chi connectivity index (χ4n) is 1.41. The molecule has 0 aliphatic carbocycles. The summed E-state index contributed by atoms with van der Waals surface area (Å²) < 4.78 is 14.1. The first-order valence-corrected chi connectivity index (χ1v) is 8.23. The lowest BCUT2D eigenvalue weighted by atomic mass is 10.3. The quantitative estimate of drug-likeness (QED) is 0.379. The number of hydrogen-bond donors (Lipinski definition) is 0. The lowest BCUT2D eigenvalue weighted by Gasteiger charge is -2.29. The lowest BCUT2D eigenvalue weighted by molar-refractivity contribution is 0.206. The van der Waals surface area contributed by atoms with E-state index in [1.807, 2.05) is 0 Å². The zero-order valence-electron chi connectivity index (χ0n) is 12.6. The molecule has 0 amide bonds. The zero-order valence-corrected chi connectivity index (χ0v) is 13.5. The Hall–Kier alpha value is 0.0500. The summed E-state index contributed by atoms with van der Waals surface area (Å²) in [6, 6.07) is 0. The molecule has 4 heteroatoms. The monoisotopic (exact) mass is 275 g/mol. The van der Waals surface area contributed by atoms with Gasteiger partial charge in [-0.15, -0.1) is 0 Å². The summed E-state index contributed by atoms with van der Waals surface area (Å²) in [5, 5.41) is 0. The van der Waals surface area contributed by atoms with E-state index in [4.69, 9.17) is 9.05 Å². The molecule has 0 aliphatic rings. The van der Waals surface area contributed by atoms with Gasteiger partial charge in [-0.1, -0.05) is 39.3 Å². The van der Waals surface area contributed by atoms with Crippen LogP contribution in [0.4, 0.5) is 0 Å². The number of rotatable bonds is 12. The molecule has 3 nitrogen and oxygen atoms in total. The molecule has 0 heterocycles. The van der Waals surface area contributed by atoms with Gasteiger partial charge in [0.05, 0.1) is 13.2 Å². The minimum Gasteiger partial charge on any atom is -0.322 e. The summed E-state index contributed by atoms with van der Waals surface area (Å²) in [5.74, 6) is 0. The van der Waals surface area contributed by atoms with Gasteiger partial charge in [-0.3, -0.25) is 0 Å². The summed E-state index contributed by atoms with van der Waals surface area (Å²) >= 11 is 0. The first-order chi connectivity index (χ1) is 8.65. The standard InChI is InChI=1S/C14H30NO2P/c1-6-9-10-15(13-14(4)5)18(16-11-7-2)17-12-8-3/h4,6-13H2,1-3,5H3. The second-order valence-electron chi connectivity index (χ2n) is 4.60. The molecule has 0 aliphatic heterocycles. The van der Waals surface area contributed by atoms with Crippen LogP contribution in [0.2, 0.25) is 0 Å². The fourth-order valence-corrected chi connectivity index (χ4v) is 3.15. The van der Waals surface area contributed by atoms with Crippen molar-refractivity contribution in [3.8, 4) is 0 Å². The molecule has 0 saturated carbocycles. The second kappa shape index (κ2) is 12.1. The van der Waals surface area contributed by atoms with Crippen molar-refractivity contribution in [2.24, 2.45) is 0 Å². The van der Waals surface area contributed by atoms with E-state index in [2.05, 4.69) is 38.9 Å². The topological polar surface area (TPSA) is 21.7 Å². The van der Waals surface area contributed by atoms with Crippen LogP contribution in [0.1, 0.15) is 53.4 Å². The van der Waals surface area contributed by atoms with Crippen LogP contribution in [0.15, 0.2) is 12.2 Å². The van der Waals surface area contributed by atoms with Crippen molar-refractivity contribution in [2.45, 2.75) is 53.4 Å². The Morgan fingerprint density at radius 1 is 1.06 bits per heavy atom. The zero-order chi connectivity index (χ0) is 13.8. The van der Waals surface area contributed by atoms with Crippen LogP contribution in [-0.4, -0.2) is 31.0 Å². The maximum Gasteiger partial charge on any atom is 0.259 e. The van der Waals surface area contributed by atoms with Gasteiger partial charge in [0.25, 0.3) is 8.53 Å². The molecule has 0 spiro atoms. The van der Waals surface area contributed by atoms with Crippen LogP contribution in [0.5, 0.6) is 0 Å². The summed E-state index contributed by atoms with van der Waals surface area (Å²) in [6.45, 7) is 16.0. The normalized spacial score (nSPS) is 11.4. The van der Waals surface area contributed by atoms with Crippen molar-refractivity contribution in [3.05, 3.63) is 12.2 Å². The highest BCUT2D eigenvalue weighted by Gasteiger charge is 2.20. The highest BCUT2D eigenvalue weighted by atomic mass is 31.2. The van der Waals surface area contributed by atoms with Crippen LogP contribution in [0.3, 0.4) is 0 Å². The van der Waals surface area contributed by atoms with E-state index < -0.39 is 8.53 Å².